The van der Waals surface area contributed by atoms with Crippen LogP contribution in [0.1, 0.15) is 91.4 Å². The molecule has 0 radical (unpaired) electrons. The van der Waals surface area contributed by atoms with Crippen molar-refractivity contribution in [3.05, 3.63) is 0 Å². The van der Waals surface area contributed by atoms with E-state index in [1.165, 1.54) is 51.4 Å². The number of carbonyl (C=O) groups excluding carboxylic acids is 1. The number of amides is 1. The molecule has 0 aromatic carbocycles. The molecule has 4 unspecified atom stereocenters. The molecular formula is C26H45NO5S. The smallest absolute Gasteiger partial charge is 0.266 e. The Labute approximate surface area is 200 Å². The zero-order valence-corrected chi connectivity index (χ0v) is 21.6. The van der Waals surface area contributed by atoms with E-state index in [1.807, 2.05) is 0 Å². The molecule has 4 aliphatic rings. The van der Waals surface area contributed by atoms with Crippen molar-refractivity contribution in [2.24, 2.45) is 46.3 Å². The van der Waals surface area contributed by atoms with Gasteiger partial charge in [0, 0.05) is 13.0 Å². The number of carbonyl (C=O) groups is 1. The minimum atomic E-state index is -4.05. The van der Waals surface area contributed by atoms with Crippen molar-refractivity contribution in [3.8, 4) is 0 Å². The highest BCUT2D eigenvalue weighted by molar-refractivity contribution is 7.85. The molecule has 0 bridgehead atoms. The molecular weight excluding hydrogens is 438 g/mol. The second kappa shape index (κ2) is 9.42. The van der Waals surface area contributed by atoms with Crippen LogP contribution in [0, 0.1) is 46.3 Å². The predicted octanol–water partition coefficient (Wildman–Crippen LogP) is 4.43. The van der Waals surface area contributed by atoms with E-state index in [1.54, 1.807) is 0 Å². The van der Waals surface area contributed by atoms with E-state index in [0.717, 1.165) is 12.8 Å². The van der Waals surface area contributed by atoms with E-state index in [2.05, 4.69) is 26.1 Å². The molecule has 6 nitrogen and oxygen atoms in total. The van der Waals surface area contributed by atoms with Gasteiger partial charge >= 0.3 is 0 Å². The molecule has 1 amide bonds. The van der Waals surface area contributed by atoms with Crippen LogP contribution in [0.4, 0.5) is 0 Å². The Morgan fingerprint density at radius 1 is 1.06 bits per heavy atom. The fourth-order valence-corrected chi connectivity index (χ4v) is 9.56. The van der Waals surface area contributed by atoms with Gasteiger partial charge in [0.05, 0.1) is 11.9 Å². The third kappa shape index (κ3) is 4.88. The first-order valence-electron chi connectivity index (χ1n) is 13.4. The van der Waals surface area contributed by atoms with Crippen LogP contribution in [0.25, 0.3) is 0 Å². The van der Waals surface area contributed by atoms with Gasteiger partial charge in [-0.2, -0.15) is 8.42 Å². The van der Waals surface area contributed by atoms with E-state index in [9.17, 15) is 18.3 Å². The normalized spacial score (nSPS) is 43.8. The molecule has 0 spiro atoms. The monoisotopic (exact) mass is 483 g/mol. The zero-order valence-electron chi connectivity index (χ0n) is 20.8. The maximum absolute atomic E-state index is 12.2. The Bertz CT molecular complexity index is 831. The number of aliphatic hydroxyl groups is 1. The molecule has 4 rings (SSSR count). The van der Waals surface area contributed by atoms with Crippen molar-refractivity contribution >= 4 is 16.0 Å². The van der Waals surface area contributed by atoms with Crippen LogP contribution in [0.2, 0.25) is 0 Å². The summed E-state index contributed by atoms with van der Waals surface area (Å²) in [5.74, 6) is 2.77. The van der Waals surface area contributed by atoms with Gasteiger partial charge in [-0.05, 0) is 97.7 Å². The van der Waals surface area contributed by atoms with Gasteiger partial charge in [0.1, 0.15) is 0 Å². The van der Waals surface area contributed by atoms with Crippen LogP contribution < -0.4 is 5.32 Å². The minimum Gasteiger partial charge on any atom is -0.393 e. The number of fused-ring (bicyclic) bond motifs is 5. The Balaban J connectivity index is 1.38. The van der Waals surface area contributed by atoms with Crippen LogP contribution in [0.3, 0.4) is 0 Å². The van der Waals surface area contributed by atoms with Gasteiger partial charge in [0.15, 0.2) is 0 Å². The molecule has 0 aromatic heterocycles. The maximum Gasteiger partial charge on any atom is 0.266 e. The average Bonchev–Trinajstić information content (AvgIpc) is 3.08. The summed E-state index contributed by atoms with van der Waals surface area (Å²) in [5.41, 5.74) is 0.647. The van der Waals surface area contributed by atoms with Crippen LogP contribution in [0.15, 0.2) is 0 Å². The van der Waals surface area contributed by atoms with Crippen LogP contribution in [-0.2, 0) is 14.9 Å². The van der Waals surface area contributed by atoms with Crippen molar-refractivity contribution in [1.82, 2.24) is 5.32 Å². The zero-order chi connectivity index (χ0) is 24.0. The summed E-state index contributed by atoms with van der Waals surface area (Å²) >= 11 is 0. The van der Waals surface area contributed by atoms with Gasteiger partial charge in [0.2, 0.25) is 5.91 Å². The predicted molar refractivity (Wildman–Crippen MR) is 129 cm³/mol. The summed E-state index contributed by atoms with van der Waals surface area (Å²) < 4.78 is 30.5. The first-order chi connectivity index (χ1) is 15.5. The molecule has 0 heterocycles. The second-order valence-corrected chi connectivity index (χ2v) is 14.0. The molecule has 4 saturated carbocycles. The highest BCUT2D eigenvalue weighted by Crippen LogP contribution is 2.68. The van der Waals surface area contributed by atoms with Gasteiger partial charge in [-0.3, -0.25) is 9.35 Å². The van der Waals surface area contributed by atoms with Crippen molar-refractivity contribution < 1.29 is 22.9 Å². The first kappa shape index (κ1) is 25.4. The lowest BCUT2D eigenvalue weighted by atomic mass is 9.44. The second-order valence-electron chi connectivity index (χ2n) is 12.4. The van der Waals surface area contributed by atoms with E-state index >= 15 is 0 Å². The lowest BCUT2D eigenvalue weighted by Gasteiger charge is -2.62. The fraction of sp³-hybridized carbons (Fsp3) is 0.962. The Morgan fingerprint density at radius 3 is 2.52 bits per heavy atom. The molecule has 4 aliphatic carbocycles. The molecule has 3 N–H and O–H groups in total. The van der Waals surface area contributed by atoms with Gasteiger partial charge < -0.3 is 10.4 Å². The summed E-state index contributed by atoms with van der Waals surface area (Å²) in [6.07, 6.45) is 12.2. The summed E-state index contributed by atoms with van der Waals surface area (Å²) in [6, 6.07) is 0. The number of hydrogen-bond acceptors (Lipinski definition) is 4. The molecule has 0 aliphatic heterocycles. The third-order valence-corrected chi connectivity index (χ3v) is 11.6. The minimum absolute atomic E-state index is 0.0457. The van der Waals surface area contributed by atoms with Crippen molar-refractivity contribution in [2.45, 2.75) is 97.5 Å². The lowest BCUT2D eigenvalue weighted by Crippen LogP contribution is -2.57. The molecule has 190 valence electrons. The molecule has 4 fully saturated rings. The largest absolute Gasteiger partial charge is 0.393 e. The van der Waals surface area contributed by atoms with Crippen LogP contribution in [0.5, 0.6) is 0 Å². The third-order valence-electron chi connectivity index (χ3n) is 10.9. The number of hydrogen-bond donors (Lipinski definition) is 3. The Kier molecular flexibility index (Phi) is 7.26. The van der Waals surface area contributed by atoms with E-state index in [-0.39, 0.29) is 24.0 Å². The summed E-state index contributed by atoms with van der Waals surface area (Å²) in [4.78, 5) is 12.2. The summed E-state index contributed by atoms with van der Waals surface area (Å²) in [7, 11) is -4.05. The molecule has 33 heavy (non-hydrogen) atoms. The fourth-order valence-electron chi connectivity index (χ4n) is 9.20. The Hall–Kier alpha value is -0.660. The van der Waals surface area contributed by atoms with Crippen LogP contribution >= 0.6 is 0 Å². The maximum atomic E-state index is 12.2. The molecule has 9 atom stereocenters. The van der Waals surface area contributed by atoms with Gasteiger partial charge in [-0.25, -0.2) is 0 Å². The standard InChI is InChI=1S/C26H45NO5S/c1-17(7-10-23(29)27-14-15-33(30,31)32)19-8-9-20-24-21(11-13-26(19,20)3)25(2)12-5-4-6-18(25)16-22(24)28/h17-22,24,28H,4-16H2,1-3H3,(H,27,29)(H,30,31,32)/t17-,18?,19+,20?,21?,22-,24?,25-,26+/m0/s1. The summed E-state index contributed by atoms with van der Waals surface area (Å²) in [5, 5.41) is 14.0. The first-order valence-corrected chi connectivity index (χ1v) is 15.0. The highest BCUT2D eigenvalue weighted by Gasteiger charge is 2.62. The topological polar surface area (TPSA) is 104 Å². The summed E-state index contributed by atoms with van der Waals surface area (Å²) in [6.45, 7) is 7.23. The van der Waals surface area contributed by atoms with Crippen molar-refractivity contribution in [2.75, 3.05) is 12.3 Å². The molecule has 0 aromatic rings. The van der Waals surface area contributed by atoms with E-state index < -0.39 is 15.9 Å². The van der Waals surface area contributed by atoms with Crippen molar-refractivity contribution in [3.63, 3.8) is 0 Å². The van der Waals surface area contributed by atoms with E-state index in [0.29, 0.717) is 47.3 Å². The molecule has 7 heteroatoms. The lowest BCUT2D eigenvalue weighted by molar-refractivity contribution is -0.164. The number of aliphatic hydroxyl groups excluding tert-OH is 1. The van der Waals surface area contributed by atoms with E-state index in [4.69, 9.17) is 4.55 Å². The quantitative estimate of drug-likeness (QED) is 0.465. The van der Waals surface area contributed by atoms with Crippen LogP contribution in [-0.4, -0.2) is 42.4 Å². The highest BCUT2D eigenvalue weighted by atomic mass is 32.2. The molecule has 0 saturated heterocycles. The van der Waals surface area contributed by atoms with Crippen molar-refractivity contribution in [1.29, 1.82) is 0 Å². The van der Waals surface area contributed by atoms with Gasteiger partial charge in [-0.1, -0.05) is 33.6 Å². The Morgan fingerprint density at radius 2 is 1.79 bits per heavy atom. The SMILES string of the molecule is C[C@@H](CCC(=O)NCCS(=O)(=O)O)[C@H]1CCC2C3C(CC[C@@]21C)[C@@]1(C)CCCCC1C[C@@H]3O. The van der Waals surface area contributed by atoms with Gasteiger partial charge in [-0.15, -0.1) is 0 Å². The average molecular weight is 484 g/mol. The number of nitrogens with one attached hydrogen (secondary N) is 1. The number of rotatable bonds is 7. The van der Waals surface area contributed by atoms with Gasteiger partial charge in [0.25, 0.3) is 10.1 Å².